The van der Waals surface area contributed by atoms with Crippen molar-refractivity contribution in [2.75, 3.05) is 12.4 Å². The third-order valence-electron chi connectivity index (χ3n) is 4.88. The molecule has 1 aliphatic rings. The lowest BCUT2D eigenvalue weighted by atomic mass is 9.96. The summed E-state index contributed by atoms with van der Waals surface area (Å²) in [5.41, 5.74) is 2.66. The second-order valence-electron chi connectivity index (χ2n) is 6.89. The summed E-state index contributed by atoms with van der Waals surface area (Å²) in [6, 6.07) is 0. The molecule has 0 aromatic carbocycles. The molecule has 2 aromatic rings. The molecule has 0 bridgehead atoms. The number of carbonyl (C=O) groups excluding carboxylic acids is 2. The van der Waals surface area contributed by atoms with E-state index < -0.39 is 0 Å². The topological polar surface area (TPSA) is 85.2 Å². The number of esters is 1. The van der Waals surface area contributed by atoms with Crippen molar-refractivity contribution < 1.29 is 14.3 Å². The first-order chi connectivity index (χ1) is 13.8. The Hall–Kier alpha value is -1.78. The maximum atomic E-state index is 12.6. The average molecular weight is 499 g/mol. The van der Waals surface area contributed by atoms with Gasteiger partial charge in [-0.25, -0.2) is 4.79 Å². The summed E-state index contributed by atoms with van der Waals surface area (Å²) in [5.74, 6) is -0.767. The molecule has 0 saturated heterocycles. The van der Waals surface area contributed by atoms with E-state index in [0.29, 0.717) is 26.4 Å². The lowest BCUT2D eigenvalue weighted by molar-refractivity contribution is 0.0601. The molecule has 156 valence electrons. The van der Waals surface area contributed by atoms with Crippen LogP contribution in [0.3, 0.4) is 0 Å². The van der Waals surface area contributed by atoms with Gasteiger partial charge in [0.05, 0.1) is 22.8 Å². The van der Waals surface area contributed by atoms with E-state index in [2.05, 4.69) is 31.7 Å². The number of ether oxygens (including phenoxy) is 1. The van der Waals surface area contributed by atoms with Gasteiger partial charge in [-0.2, -0.15) is 5.10 Å². The Kier molecular flexibility index (Phi) is 7.07. The SMILES string of the molecule is COC(=O)c1c(NC(=S)NC(=O)c2c(Br)c(C)nn2C)sc2c1CCCCCC2. The molecule has 29 heavy (non-hydrogen) atoms. The zero-order chi connectivity index (χ0) is 21.1. The third kappa shape index (κ3) is 4.70. The van der Waals surface area contributed by atoms with E-state index in [1.165, 1.54) is 34.4 Å². The van der Waals surface area contributed by atoms with E-state index in [4.69, 9.17) is 17.0 Å². The highest BCUT2D eigenvalue weighted by atomic mass is 79.9. The van der Waals surface area contributed by atoms with Gasteiger partial charge in [-0.1, -0.05) is 12.8 Å². The summed E-state index contributed by atoms with van der Waals surface area (Å²) in [5, 5.41) is 10.7. The van der Waals surface area contributed by atoms with Gasteiger partial charge in [-0.15, -0.1) is 11.3 Å². The van der Waals surface area contributed by atoms with E-state index in [9.17, 15) is 9.59 Å². The number of nitrogens with one attached hydrogen (secondary N) is 2. The number of halogens is 1. The van der Waals surface area contributed by atoms with Crippen LogP contribution < -0.4 is 10.6 Å². The van der Waals surface area contributed by atoms with Crippen LogP contribution in [0.5, 0.6) is 0 Å². The minimum Gasteiger partial charge on any atom is -0.465 e. The summed E-state index contributed by atoms with van der Waals surface area (Å²) in [6.07, 6.45) is 6.28. The van der Waals surface area contributed by atoms with E-state index in [1.54, 1.807) is 14.0 Å². The average Bonchev–Trinajstić information content (AvgIpc) is 3.09. The van der Waals surface area contributed by atoms with Gasteiger partial charge in [0.25, 0.3) is 5.91 Å². The second-order valence-corrected chi connectivity index (χ2v) is 9.20. The normalized spacial score (nSPS) is 13.8. The van der Waals surface area contributed by atoms with Crippen LogP contribution in [0.4, 0.5) is 5.00 Å². The van der Waals surface area contributed by atoms with Gasteiger partial charge >= 0.3 is 5.97 Å². The first-order valence-corrected chi connectivity index (χ1v) is 11.4. The number of carbonyl (C=O) groups is 2. The molecule has 0 unspecified atom stereocenters. The number of rotatable bonds is 3. The standard InChI is InChI=1S/C19H23BrN4O3S2/c1-10-14(20)15(24(2)23-10)16(25)21-19(28)22-17-13(18(26)27-3)11-8-6-4-5-7-9-12(11)29-17/h4-9H2,1-3H3,(H2,21,22,25,28). The highest BCUT2D eigenvalue weighted by molar-refractivity contribution is 9.10. The lowest BCUT2D eigenvalue weighted by Gasteiger charge is -2.12. The first-order valence-electron chi connectivity index (χ1n) is 9.37. The van der Waals surface area contributed by atoms with E-state index in [1.807, 2.05) is 0 Å². The van der Waals surface area contributed by atoms with E-state index in [-0.39, 0.29) is 17.0 Å². The number of nitrogens with zero attached hydrogens (tertiary/aromatic N) is 2. The second kappa shape index (κ2) is 9.36. The molecule has 0 aliphatic heterocycles. The van der Waals surface area contributed by atoms with Crippen LogP contribution in [0.1, 0.15) is 62.7 Å². The minimum absolute atomic E-state index is 0.125. The molecule has 1 amide bonds. The molecule has 2 heterocycles. The number of aromatic nitrogens is 2. The molecule has 0 saturated carbocycles. The van der Waals surface area contributed by atoms with Crippen LogP contribution in [0.15, 0.2) is 4.47 Å². The molecule has 0 radical (unpaired) electrons. The molecular weight excluding hydrogens is 476 g/mol. The van der Waals surface area contributed by atoms with Crippen molar-refractivity contribution in [1.29, 1.82) is 0 Å². The Balaban J connectivity index is 1.83. The number of amides is 1. The fourth-order valence-corrected chi connectivity index (χ4v) is 5.56. The van der Waals surface area contributed by atoms with Crippen LogP contribution in [-0.2, 0) is 24.6 Å². The number of aryl methyl sites for hydroxylation is 3. The Morgan fingerprint density at radius 3 is 2.55 bits per heavy atom. The monoisotopic (exact) mass is 498 g/mol. The predicted molar refractivity (Wildman–Crippen MR) is 121 cm³/mol. The van der Waals surface area contributed by atoms with Gasteiger partial charge < -0.3 is 10.1 Å². The molecule has 0 fully saturated rings. The van der Waals surface area contributed by atoms with Crippen molar-refractivity contribution in [2.24, 2.45) is 7.05 Å². The highest BCUT2D eigenvalue weighted by Crippen LogP contribution is 2.37. The van der Waals surface area contributed by atoms with Crippen molar-refractivity contribution in [2.45, 2.75) is 45.4 Å². The van der Waals surface area contributed by atoms with Crippen LogP contribution in [0.2, 0.25) is 0 Å². The number of anilines is 1. The Morgan fingerprint density at radius 2 is 1.93 bits per heavy atom. The minimum atomic E-state index is -0.385. The van der Waals surface area contributed by atoms with Crippen molar-refractivity contribution in [1.82, 2.24) is 15.1 Å². The number of methoxy groups -OCH3 is 1. The molecule has 3 rings (SSSR count). The fourth-order valence-electron chi connectivity index (χ4n) is 3.50. The highest BCUT2D eigenvalue weighted by Gasteiger charge is 2.26. The zero-order valence-corrected chi connectivity index (χ0v) is 19.8. The van der Waals surface area contributed by atoms with Gasteiger partial charge in [-0.3, -0.25) is 14.8 Å². The number of hydrogen-bond donors (Lipinski definition) is 2. The van der Waals surface area contributed by atoms with E-state index >= 15 is 0 Å². The predicted octanol–water partition coefficient (Wildman–Crippen LogP) is 4.12. The number of fused-ring (bicyclic) bond motifs is 1. The maximum Gasteiger partial charge on any atom is 0.341 e. The van der Waals surface area contributed by atoms with Gasteiger partial charge in [0.15, 0.2) is 5.11 Å². The summed E-state index contributed by atoms with van der Waals surface area (Å²) in [7, 11) is 3.07. The Morgan fingerprint density at radius 1 is 1.24 bits per heavy atom. The molecule has 1 aliphatic carbocycles. The summed E-state index contributed by atoms with van der Waals surface area (Å²) >= 11 is 10.2. The molecule has 2 N–H and O–H groups in total. The summed E-state index contributed by atoms with van der Waals surface area (Å²) < 4.78 is 7.13. The Labute approximate surface area is 187 Å². The molecule has 7 nitrogen and oxygen atoms in total. The van der Waals surface area contributed by atoms with Crippen molar-refractivity contribution in [3.05, 3.63) is 31.9 Å². The van der Waals surface area contributed by atoms with Crippen LogP contribution in [-0.4, -0.2) is 33.9 Å². The maximum absolute atomic E-state index is 12.6. The molecule has 0 atom stereocenters. The third-order valence-corrected chi connectivity index (χ3v) is 7.24. The molecule has 2 aromatic heterocycles. The van der Waals surface area contributed by atoms with Crippen molar-refractivity contribution in [3.8, 4) is 0 Å². The quantitative estimate of drug-likeness (QED) is 0.488. The van der Waals surface area contributed by atoms with Gasteiger partial charge in [0.2, 0.25) is 0 Å². The van der Waals surface area contributed by atoms with Crippen molar-refractivity contribution >= 4 is 61.5 Å². The van der Waals surface area contributed by atoms with Gasteiger partial charge in [-0.05, 0) is 66.3 Å². The van der Waals surface area contributed by atoms with Crippen LogP contribution in [0.25, 0.3) is 0 Å². The Bertz CT molecular complexity index is 967. The smallest absolute Gasteiger partial charge is 0.341 e. The van der Waals surface area contributed by atoms with Crippen molar-refractivity contribution in [3.63, 3.8) is 0 Å². The molecular formula is C19H23BrN4O3S2. The van der Waals surface area contributed by atoms with Gasteiger partial charge in [0.1, 0.15) is 10.7 Å². The summed E-state index contributed by atoms with van der Waals surface area (Å²) in [4.78, 5) is 26.3. The molecule has 0 spiro atoms. The van der Waals surface area contributed by atoms with Crippen LogP contribution in [0, 0.1) is 6.92 Å². The van der Waals surface area contributed by atoms with Gasteiger partial charge in [0, 0.05) is 11.9 Å². The molecule has 10 heteroatoms. The number of thiocarbonyl (C=S) groups is 1. The van der Waals surface area contributed by atoms with Crippen LogP contribution >= 0.6 is 39.5 Å². The van der Waals surface area contributed by atoms with E-state index in [0.717, 1.165) is 37.7 Å². The summed E-state index contributed by atoms with van der Waals surface area (Å²) in [6.45, 7) is 1.81. The first kappa shape index (κ1) is 21.9. The number of hydrogen-bond acceptors (Lipinski definition) is 6. The fraction of sp³-hybridized carbons (Fsp3) is 0.474. The zero-order valence-electron chi connectivity index (χ0n) is 16.6. The lowest BCUT2D eigenvalue weighted by Crippen LogP contribution is -2.35. The number of thiophene rings is 1. The largest absolute Gasteiger partial charge is 0.465 e.